The fraction of sp³-hybridized carbons (Fsp3) is 0.263. The van der Waals surface area contributed by atoms with Crippen molar-refractivity contribution in [3.8, 4) is 11.5 Å². The van der Waals surface area contributed by atoms with Gasteiger partial charge in [-0.1, -0.05) is 30.3 Å². The van der Waals surface area contributed by atoms with E-state index in [0.29, 0.717) is 5.95 Å². The van der Waals surface area contributed by atoms with Crippen molar-refractivity contribution in [2.45, 2.75) is 18.5 Å². The summed E-state index contributed by atoms with van der Waals surface area (Å²) in [6.07, 6.45) is 0.794. The van der Waals surface area contributed by atoms with Crippen LogP contribution in [0.25, 0.3) is 0 Å². The number of fused-ring (bicyclic) bond motifs is 1. The first kappa shape index (κ1) is 16.3. The monoisotopic (exact) mass is 351 g/mol. The summed E-state index contributed by atoms with van der Waals surface area (Å²) in [6, 6.07) is 16.1. The van der Waals surface area contributed by atoms with Gasteiger partial charge in [-0.15, -0.1) is 5.10 Å². The van der Waals surface area contributed by atoms with Crippen molar-refractivity contribution >= 4 is 11.9 Å². The van der Waals surface area contributed by atoms with E-state index in [1.165, 1.54) is 0 Å². The van der Waals surface area contributed by atoms with Crippen LogP contribution < -0.4 is 20.5 Å². The molecule has 0 bridgehead atoms. The number of benzene rings is 2. The van der Waals surface area contributed by atoms with E-state index in [4.69, 9.17) is 15.2 Å². The summed E-state index contributed by atoms with van der Waals surface area (Å²) in [4.78, 5) is 4.34. The van der Waals surface area contributed by atoms with Gasteiger partial charge in [0.05, 0.1) is 26.3 Å². The molecular weight excluding hydrogens is 330 g/mol. The quantitative estimate of drug-likeness (QED) is 0.751. The van der Waals surface area contributed by atoms with E-state index in [9.17, 15) is 0 Å². The zero-order valence-electron chi connectivity index (χ0n) is 14.7. The number of nitrogens with zero attached hydrogens (tertiary/aromatic N) is 3. The molecule has 1 aromatic heterocycles. The lowest BCUT2D eigenvalue weighted by molar-refractivity contribution is 0.380. The Bertz CT molecular complexity index is 907. The van der Waals surface area contributed by atoms with Gasteiger partial charge >= 0.3 is 0 Å². The topological polar surface area (TPSA) is 87.2 Å². The Morgan fingerprint density at radius 3 is 2.58 bits per heavy atom. The van der Waals surface area contributed by atoms with Gasteiger partial charge in [0.2, 0.25) is 11.9 Å². The maximum atomic E-state index is 5.86. The second-order valence-corrected chi connectivity index (χ2v) is 6.20. The number of rotatable bonds is 4. The Morgan fingerprint density at radius 2 is 1.85 bits per heavy atom. The number of ether oxygens (including phenoxy) is 2. The Balaban J connectivity index is 1.75. The Hall–Kier alpha value is -3.22. The van der Waals surface area contributed by atoms with Gasteiger partial charge < -0.3 is 20.5 Å². The molecule has 2 aromatic carbocycles. The third-order valence-corrected chi connectivity index (χ3v) is 4.72. The molecule has 0 saturated heterocycles. The summed E-state index contributed by atoms with van der Waals surface area (Å²) < 4.78 is 12.7. The average molecular weight is 351 g/mol. The average Bonchev–Trinajstić information content (AvgIpc) is 3.07. The number of para-hydroxylation sites is 1. The molecule has 7 nitrogen and oxygen atoms in total. The van der Waals surface area contributed by atoms with Crippen LogP contribution in [0.3, 0.4) is 0 Å². The van der Waals surface area contributed by atoms with E-state index in [1.807, 2.05) is 35.0 Å². The van der Waals surface area contributed by atoms with Crippen LogP contribution in [0.1, 0.15) is 29.6 Å². The highest BCUT2D eigenvalue weighted by molar-refractivity contribution is 5.45. The van der Waals surface area contributed by atoms with E-state index in [1.54, 1.807) is 14.2 Å². The van der Waals surface area contributed by atoms with Crippen LogP contribution in [-0.2, 0) is 0 Å². The predicted octanol–water partition coefficient (Wildman–Crippen LogP) is 3.02. The molecule has 0 spiro atoms. The number of anilines is 2. The molecule has 134 valence electrons. The van der Waals surface area contributed by atoms with Gasteiger partial charge in [0, 0.05) is 5.56 Å². The number of nitrogen functional groups attached to an aromatic ring is 1. The first-order valence-corrected chi connectivity index (χ1v) is 8.45. The molecule has 0 saturated carbocycles. The van der Waals surface area contributed by atoms with E-state index in [0.717, 1.165) is 29.0 Å². The molecule has 0 radical (unpaired) electrons. The third-order valence-electron chi connectivity index (χ3n) is 4.72. The molecule has 0 aliphatic carbocycles. The zero-order chi connectivity index (χ0) is 18.1. The predicted molar refractivity (Wildman–Crippen MR) is 99.5 cm³/mol. The number of hydrogen-bond donors (Lipinski definition) is 2. The smallest absolute Gasteiger partial charge is 0.241 e. The number of aromatic nitrogens is 3. The fourth-order valence-electron chi connectivity index (χ4n) is 3.45. The normalized spacial score (nSPS) is 18.7. The third kappa shape index (κ3) is 2.81. The molecule has 1 aliphatic rings. The second kappa shape index (κ2) is 6.59. The van der Waals surface area contributed by atoms with Crippen LogP contribution in [0.15, 0.2) is 48.5 Å². The molecular formula is C19H21N5O2. The van der Waals surface area contributed by atoms with Crippen LogP contribution in [0.2, 0.25) is 0 Å². The maximum Gasteiger partial charge on any atom is 0.241 e. The molecule has 2 heterocycles. The number of nitrogens with two attached hydrogens (primary N) is 1. The molecule has 0 fully saturated rings. The summed E-state index contributed by atoms with van der Waals surface area (Å²) in [5, 5.41) is 7.82. The molecule has 3 N–H and O–H groups in total. The van der Waals surface area contributed by atoms with E-state index in [-0.39, 0.29) is 18.0 Å². The number of nitrogens with one attached hydrogen (secondary N) is 1. The lowest BCUT2D eigenvalue weighted by Gasteiger charge is -2.32. The van der Waals surface area contributed by atoms with Crippen LogP contribution in [0, 0.1) is 0 Å². The first-order chi connectivity index (χ1) is 12.7. The van der Waals surface area contributed by atoms with Gasteiger partial charge in [-0.3, -0.25) is 0 Å². The summed E-state index contributed by atoms with van der Waals surface area (Å²) >= 11 is 0. The summed E-state index contributed by atoms with van der Waals surface area (Å²) in [6.45, 7) is 0. The van der Waals surface area contributed by atoms with Gasteiger partial charge in [-0.05, 0) is 30.2 Å². The minimum absolute atomic E-state index is 0.0284. The molecule has 1 aliphatic heterocycles. The Morgan fingerprint density at radius 1 is 1.08 bits per heavy atom. The van der Waals surface area contributed by atoms with Gasteiger partial charge in [0.25, 0.3) is 0 Å². The lowest BCUT2D eigenvalue weighted by Crippen LogP contribution is -2.28. The van der Waals surface area contributed by atoms with Gasteiger partial charge in [-0.2, -0.15) is 4.98 Å². The maximum absolute atomic E-state index is 5.86. The molecule has 0 amide bonds. The van der Waals surface area contributed by atoms with Crippen molar-refractivity contribution in [1.29, 1.82) is 0 Å². The van der Waals surface area contributed by atoms with E-state index >= 15 is 0 Å². The molecule has 4 rings (SSSR count). The van der Waals surface area contributed by atoms with Crippen molar-refractivity contribution in [1.82, 2.24) is 14.8 Å². The molecule has 26 heavy (non-hydrogen) atoms. The number of methoxy groups -OCH3 is 2. The summed E-state index contributed by atoms with van der Waals surface area (Å²) in [7, 11) is 3.34. The van der Waals surface area contributed by atoms with Crippen molar-refractivity contribution in [2.24, 2.45) is 0 Å². The summed E-state index contributed by atoms with van der Waals surface area (Å²) in [5.74, 6) is 2.57. The standard InChI is InChI=1S/C19H21N5O2/c1-25-13-9-7-12(8-10-13)15-11-16(14-5-3-4-6-17(14)26-2)24-19(21-15)22-18(20)23-24/h3-10,15-16H,11H2,1-2H3,(H3,20,21,22,23)/t15-,16+/m0/s1. The number of hydrogen-bond acceptors (Lipinski definition) is 6. The van der Waals surface area contributed by atoms with Gasteiger partial charge in [0.15, 0.2) is 0 Å². The largest absolute Gasteiger partial charge is 0.497 e. The Kier molecular flexibility index (Phi) is 4.12. The van der Waals surface area contributed by atoms with Crippen molar-refractivity contribution in [2.75, 3.05) is 25.3 Å². The molecule has 3 aromatic rings. The Labute approximate surface area is 151 Å². The molecule has 2 atom stereocenters. The molecule has 7 heteroatoms. The first-order valence-electron chi connectivity index (χ1n) is 8.45. The van der Waals surface area contributed by atoms with Gasteiger partial charge in [-0.25, -0.2) is 4.68 Å². The van der Waals surface area contributed by atoms with Crippen LogP contribution in [-0.4, -0.2) is 29.0 Å². The second-order valence-electron chi connectivity index (χ2n) is 6.20. The van der Waals surface area contributed by atoms with E-state index in [2.05, 4.69) is 33.6 Å². The highest BCUT2D eigenvalue weighted by Gasteiger charge is 2.32. The van der Waals surface area contributed by atoms with Crippen LogP contribution in [0.5, 0.6) is 11.5 Å². The minimum atomic E-state index is -0.0284. The highest BCUT2D eigenvalue weighted by Crippen LogP contribution is 2.40. The van der Waals surface area contributed by atoms with Crippen molar-refractivity contribution < 1.29 is 9.47 Å². The molecule has 0 unspecified atom stereocenters. The van der Waals surface area contributed by atoms with E-state index < -0.39 is 0 Å². The fourth-order valence-corrected chi connectivity index (χ4v) is 3.45. The van der Waals surface area contributed by atoms with Crippen LogP contribution >= 0.6 is 0 Å². The zero-order valence-corrected chi connectivity index (χ0v) is 14.7. The SMILES string of the molecule is COc1ccc([C@@H]2C[C@H](c3ccccc3OC)n3nc(N)nc3N2)cc1. The van der Waals surface area contributed by atoms with Crippen LogP contribution in [0.4, 0.5) is 11.9 Å². The summed E-state index contributed by atoms with van der Waals surface area (Å²) in [5.41, 5.74) is 8.07. The minimum Gasteiger partial charge on any atom is -0.497 e. The van der Waals surface area contributed by atoms with Gasteiger partial charge in [0.1, 0.15) is 11.5 Å². The highest BCUT2D eigenvalue weighted by atomic mass is 16.5. The van der Waals surface area contributed by atoms with Crippen molar-refractivity contribution in [3.05, 3.63) is 59.7 Å². The van der Waals surface area contributed by atoms with Crippen molar-refractivity contribution in [3.63, 3.8) is 0 Å². The lowest BCUT2D eigenvalue weighted by atomic mass is 9.93.